The molecule has 0 radical (unpaired) electrons. The summed E-state index contributed by atoms with van der Waals surface area (Å²) in [5.74, 6) is -0.240. The van der Waals surface area contributed by atoms with Crippen LogP contribution < -0.4 is 10.6 Å². The molecule has 2 aliphatic heterocycles. The molecule has 0 saturated carbocycles. The molecule has 2 fully saturated rings. The molecule has 2 aliphatic rings. The Hall–Kier alpha value is -1.88. The van der Waals surface area contributed by atoms with Crippen LogP contribution in [0.15, 0.2) is 30.3 Å². The van der Waals surface area contributed by atoms with Gasteiger partial charge in [-0.05, 0) is 24.4 Å². The number of fused-ring (bicyclic) bond motifs is 1. The van der Waals surface area contributed by atoms with Gasteiger partial charge in [-0.15, -0.1) is 0 Å². The Balaban J connectivity index is 1.94. The largest absolute Gasteiger partial charge is 0.325 e. The number of amides is 3. The van der Waals surface area contributed by atoms with Gasteiger partial charge >= 0.3 is 6.03 Å². The second-order valence-electron chi connectivity index (χ2n) is 5.14. The molecule has 2 saturated heterocycles. The third-order valence-corrected chi connectivity index (χ3v) is 4.08. The van der Waals surface area contributed by atoms with Crippen molar-refractivity contribution >= 4 is 11.9 Å². The Kier molecular flexibility index (Phi) is 2.98. The lowest BCUT2D eigenvalue weighted by Gasteiger charge is -2.45. The third kappa shape index (κ3) is 2.00. The van der Waals surface area contributed by atoms with Crippen LogP contribution >= 0.6 is 0 Å². The molecule has 0 bridgehead atoms. The summed E-state index contributed by atoms with van der Waals surface area (Å²) >= 11 is 0. The topological polar surface area (TPSA) is 61.4 Å². The van der Waals surface area contributed by atoms with Crippen LogP contribution in [0, 0.1) is 5.92 Å². The maximum atomic E-state index is 12.2. The summed E-state index contributed by atoms with van der Waals surface area (Å²) in [6, 6.07) is 9.73. The molecule has 100 valence electrons. The summed E-state index contributed by atoms with van der Waals surface area (Å²) in [5, 5.41) is 5.71. The molecular weight excluding hydrogens is 242 g/mol. The molecule has 0 aromatic heterocycles. The first-order chi connectivity index (χ1) is 9.18. The number of carbonyl (C=O) groups is 2. The summed E-state index contributed by atoms with van der Waals surface area (Å²) in [5.41, 5.74) is 1.16. The molecule has 1 aromatic carbocycles. The normalized spacial score (nSPS) is 30.8. The van der Waals surface area contributed by atoms with Gasteiger partial charge in [0.15, 0.2) is 0 Å². The van der Waals surface area contributed by atoms with Gasteiger partial charge in [0, 0.05) is 7.05 Å². The zero-order valence-electron chi connectivity index (χ0n) is 10.8. The van der Waals surface area contributed by atoms with Crippen molar-refractivity contribution in [2.45, 2.75) is 18.5 Å². The SMILES string of the molecule is CN1C(=O)NC(=O)C2C(c3ccccc3)CCNC21. The van der Waals surface area contributed by atoms with Crippen molar-refractivity contribution in [1.82, 2.24) is 15.5 Å². The fraction of sp³-hybridized carbons (Fsp3) is 0.429. The van der Waals surface area contributed by atoms with Crippen LogP contribution in [0.5, 0.6) is 0 Å². The van der Waals surface area contributed by atoms with Gasteiger partial charge in [0.1, 0.15) is 0 Å². The fourth-order valence-electron chi connectivity index (χ4n) is 3.09. The van der Waals surface area contributed by atoms with E-state index in [9.17, 15) is 9.59 Å². The predicted octanol–water partition coefficient (Wildman–Crippen LogP) is 0.887. The van der Waals surface area contributed by atoms with Crippen LogP contribution in [0.1, 0.15) is 17.9 Å². The van der Waals surface area contributed by atoms with Gasteiger partial charge in [-0.2, -0.15) is 0 Å². The van der Waals surface area contributed by atoms with Gasteiger partial charge in [-0.25, -0.2) is 4.79 Å². The van der Waals surface area contributed by atoms with Crippen molar-refractivity contribution in [3.63, 3.8) is 0 Å². The van der Waals surface area contributed by atoms with Gasteiger partial charge < -0.3 is 4.90 Å². The number of carbonyl (C=O) groups excluding carboxylic acids is 2. The van der Waals surface area contributed by atoms with Crippen molar-refractivity contribution < 1.29 is 9.59 Å². The number of nitrogens with zero attached hydrogens (tertiary/aromatic N) is 1. The Labute approximate surface area is 112 Å². The molecule has 3 unspecified atom stereocenters. The van der Waals surface area contributed by atoms with Gasteiger partial charge in [-0.3, -0.25) is 15.4 Å². The van der Waals surface area contributed by atoms with Crippen molar-refractivity contribution in [3.05, 3.63) is 35.9 Å². The number of rotatable bonds is 1. The minimum atomic E-state index is -0.326. The van der Waals surface area contributed by atoms with Crippen molar-refractivity contribution in [2.75, 3.05) is 13.6 Å². The van der Waals surface area contributed by atoms with E-state index in [-0.39, 0.29) is 29.9 Å². The number of piperidine rings is 1. The number of benzene rings is 1. The lowest BCUT2D eigenvalue weighted by Crippen LogP contribution is -2.66. The first-order valence-electron chi connectivity index (χ1n) is 6.54. The van der Waals surface area contributed by atoms with E-state index < -0.39 is 0 Å². The predicted molar refractivity (Wildman–Crippen MR) is 70.4 cm³/mol. The minimum Gasteiger partial charge on any atom is -0.311 e. The van der Waals surface area contributed by atoms with Crippen LogP contribution in [-0.4, -0.2) is 36.6 Å². The Bertz CT molecular complexity index is 503. The number of nitrogens with one attached hydrogen (secondary N) is 2. The Morgan fingerprint density at radius 2 is 1.95 bits per heavy atom. The maximum absolute atomic E-state index is 12.2. The fourth-order valence-corrected chi connectivity index (χ4v) is 3.09. The van der Waals surface area contributed by atoms with Crippen LogP contribution in [0.3, 0.4) is 0 Å². The first kappa shape index (κ1) is 12.2. The van der Waals surface area contributed by atoms with Crippen molar-refractivity contribution in [2.24, 2.45) is 5.92 Å². The number of hydrogen-bond acceptors (Lipinski definition) is 3. The van der Waals surface area contributed by atoms with E-state index in [1.54, 1.807) is 11.9 Å². The highest BCUT2D eigenvalue weighted by Crippen LogP contribution is 2.35. The second kappa shape index (κ2) is 4.66. The molecule has 0 spiro atoms. The molecule has 19 heavy (non-hydrogen) atoms. The van der Waals surface area contributed by atoms with Crippen LogP contribution in [0.25, 0.3) is 0 Å². The van der Waals surface area contributed by atoms with Crippen LogP contribution in [0.2, 0.25) is 0 Å². The van der Waals surface area contributed by atoms with E-state index in [1.165, 1.54) is 0 Å². The maximum Gasteiger partial charge on any atom is 0.325 e. The van der Waals surface area contributed by atoms with Crippen molar-refractivity contribution in [3.8, 4) is 0 Å². The average molecular weight is 259 g/mol. The van der Waals surface area contributed by atoms with E-state index in [0.717, 1.165) is 18.5 Å². The number of imide groups is 1. The first-order valence-corrected chi connectivity index (χ1v) is 6.54. The molecule has 3 amide bonds. The highest BCUT2D eigenvalue weighted by molar-refractivity contribution is 5.98. The minimum absolute atomic E-state index is 0.156. The zero-order chi connectivity index (χ0) is 13.4. The molecule has 2 heterocycles. The molecule has 5 nitrogen and oxygen atoms in total. The summed E-state index contributed by atoms with van der Waals surface area (Å²) in [6.07, 6.45) is 0.695. The molecular formula is C14H17N3O2. The monoisotopic (exact) mass is 259 g/mol. The van der Waals surface area contributed by atoms with Crippen molar-refractivity contribution in [1.29, 1.82) is 0 Å². The van der Waals surface area contributed by atoms with E-state index >= 15 is 0 Å². The Morgan fingerprint density at radius 3 is 2.68 bits per heavy atom. The number of urea groups is 1. The second-order valence-corrected chi connectivity index (χ2v) is 5.14. The Morgan fingerprint density at radius 1 is 1.21 bits per heavy atom. The number of hydrogen-bond donors (Lipinski definition) is 2. The average Bonchev–Trinajstić information content (AvgIpc) is 2.45. The van der Waals surface area contributed by atoms with Crippen LogP contribution in [-0.2, 0) is 4.79 Å². The lowest BCUT2D eigenvalue weighted by molar-refractivity contribution is -0.130. The quantitative estimate of drug-likeness (QED) is 0.787. The summed E-state index contributed by atoms with van der Waals surface area (Å²) in [7, 11) is 1.72. The molecule has 0 aliphatic carbocycles. The molecule has 3 atom stereocenters. The van der Waals surface area contributed by atoms with E-state index in [4.69, 9.17) is 0 Å². The van der Waals surface area contributed by atoms with E-state index in [1.807, 2.05) is 18.2 Å². The molecule has 2 N–H and O–H groups in total. The summed E-state index contributed by atoms with van der Waals surface area (Å²) in [6.45, 7) is 0.811. The van der Waals surface area contributed by atoms with Crippen LogP contribution in [0.4, 0.5) is 4.79 Å². The highest BCUT2D eigenvalue weighted by atomic mass is 16.2. The summed E-state index contributed by atoms with van der Waals surface area (Å²) < 4.78 is 0. The molecule has 3 rings (SSSR count). The van der Waals surface area contributed by atoms with Gasteiger partial charge in [0.2, 0.25) is 5.91 Å². The molecule has 5 heteroatoms. The summed E-state index contributed by atoms with van der Waals surface area (Å²) in [4.78, 5) is 25.4. The van der Waals surface area contributed by atoms with E-state index in [2.05, 4.69) is 22.8 Å². The highest BCUT2D eigenvalue weighted by Gasteiger charge is 2.46. The van der Waals surface area contributed by atoms with Gasteiger partial charge in [0.05, 0.1) is 12.1 Å². The third-order valence-electron chi connectivity index (χ3n) is 4.08. The molecule has 1 aromatic rings. The van der Waals surface area contributed by atoms with E-state index in [0.29, 0.717) is 0 Å². The van der Waals surface area contributed by atoms with Gasteiger partial charge in [0.25, 0.3) is 0 Å². The lowest BCUT2D eigenvalue weighted by atomic mass is 9.77. The van der Waals surface area contributed by atoms with Gasteiger partial charge in [-0.1, -0.05) is 30.3 Å². The zero-order valence-corrected chi connectivity index (χ0v) is 10.8. The standard InChI is InChI=1S/C14H17N3O2/c1-17-12-11(13(18)16-14(17)19)10(7-8-15-12)9-5-3-2-4-6-9/h2-6,10-12,15H,7-8H2,1H3,(H,16,18,19). The smallest absolute Gasteiger partial charge is 0.311 e.